The molecule has 1 aromatic rings. The van der Waals surface area contributed by atoms with Gasteiger partial charge in [0.15, 0.2) is 0 Å². The van der Waals surface area contributed by atoms with Crippen LogP contribution in [0.5, 0.6) is 0 Å². The fourth-order valence-corrected chi connectivity index (χ4v) is 4.30. The molecular formula is C19H30N4O2. The van der Waals surface area contributed by atoms with Gasteiger partial charge < -0.3 is 4.90 Å². The molecule has 2 fully saturated rings. The minimum Gasteiger partial charge on any atom is -0.333 e. The van der Waals surface area contributed by atoms with Gasteiger partial charge in [-0.1, -0.05) is 20.3 Å². The van der Waals surface area contributed by atoms with E-state index in [9.17, 15) is 9.59 Å². The van der Waals surface area contributed by atoms with Gasteiger partial charge in [0.05, 0.1) is 0 Å². The number of likely N-dealkylation sites (tertiary alicyclic amines) is 2. The van der Waals surface area contributed by atoms with Crippen LogP contribution < -0.4 is 5.56 Å². The fourth-order valence-electron chi connectivity index (χ4n) is 4.30. The molecule has 0 unspecified atom stereocenters. The van der Waals surface area contributed by atoms with E-state index in [2.05, 4.69) is 23.8 Å². The van der Waals surface area contributed by atoms with E-state index < -0.39 is 0 Å². The van der Waals surface area contributed by atoms with E-state index in [-0.39, 0.29) is 17.5 Å². The lowest BCUT2D eigenvalue weighted by Gasteiger charge is -2.34. The van der Waals surface area contributed by atoms with Crippen LogP contribution in [0.15, 0.2) is 16.9 Å². The zero-order valence-corrected chi connectivity index (χ0v) is 15.5. The van der Waals surface area contributed by atoms with Crippen molar-refractivity contribution in [3.63, 3.8) is 0 Å². The first-order chi connectivity index (χ1) is 12.2. The lowest BCUT2D eigenvalue weighted by molar-refractivity contribution is 0.0641. The van der Waals surface area contributed by atoms with Crippen molar-refractivity contribution in [2.45, 2.75) is 71.0 Å². The molecular weight excluding hydrogens is 316 g/mol. The first-order valence-electron chi connectivity index (χ1n) is 9.79. The van der Waals surface area contributed by atoms with Crippen LogP contribution in [0.3, 0.4) is 0 Å². The molecule has 3 heterocycles. The van der Waals surface area contributed by atoms with Gasteiger partial charge in [0.25, 0.3) is 11.5 Å². The van der Waals surface area contributed by atoms with Gasteiger partial charge in [-0.25, -0.2) is 4.68 Å². The van der Waals surface area contributed by atoms with Gasteiger partial charge in [0.2, 0.25) is 0 Å². The maximum Gasteiger partial charge on any atom is 0.274 e. The van der Waals surface area contributed by atoms with Crippen LogP contribution in [0.25, 0.3) is 0 Å². The molecule has 0 aliphatic carbocycles. The third kappa shape index (κ3) is 3.78. The van der Waals surface area contributed by atoms with Crippen molar-refractivity contribution in [3.8, 4) is 0 Å². The Hall–Kier alpha value is -1.69. The Labute approximate surface area is 149 Å². The maximum absolute atomic E-state index is 13.1. The molecule has 6 heteroatoms. The zero-order chi connectivity index (χ0) is 17.8. The smallest absolute Gasteiger partial charge is 0.274 e. The van der Waals surface area contributed by atoms with Crippen LogP contribution in [0, 0.1) is 0 Å². The predicted molar refractivity (Wildman–Crippen MR) is 97.7 cm³/mol. The highest BCUT2D eigenvalue weighted by Gasteiger charge is 2.39. The topological polar surface area (TPSA) is 58.4 Å². The van der Waals surface area contributed by atoms with Crippen LogP contribution in [-0.2, 0) is 6.54 Å². The minimum absolute atomic E-state index is 0.0179. The molecule has 2 aliphatic heterocycles. The molecule has 0 aromatic carbocycles. The van der Waals surface area contributed by atoms with Gasteiger partial charge >= 0.3 is 0 Å². The van der Waals surface area contributed by atoms with E-state index in [1.807, 2.05) is 4.90 Å². The summed E-state index contributed by atoms with van der Waals surface area (Å²) < 4.78 is 1.44. The largest absolute Gasteiger partial charge is 0.333 e. The second-order valence-corrected chi connectivity index (χ2v) is 7.18. The fraction of sp³-hybridized carbons (Fsp3) is 0.737. The molecule has 138 valence electrons. The van der Waals surface area contributed by atoms with E-state index in [0.29, 0.717) is 18.3 Å². The van der Waals surface area contributed by atoms with E-state index in [1.165, 1.54) is 23.6 Å². The molecule has 1 amide bonds. The minimum atomic E-state index is -0.129. The van der Waals surface area contributed by atoms with Crippen molar-refractivity contribution in [1.29, 1.82) is 0 Å². The quantitative estimate of drug-likeness (QED) is 0.792. The Kier molecular flexibility index (Phi) is 5.89. The molecule has 2 atom stereocenters. The summed E-state index contributed by atoms with van der Waals surface area (Å²) in [6.45, 7) is 7.84. The van der Waals surface area contributed by atoms with Crippen molar-refractivity contribution in [1.82, 2.24) is 19.6 Å². The van der Waals surface area contributed by atoms with Crippen LogP contribution in [-0.4, -0.2) is 57.2 Å². The van der Waals surface area contributed by atoms with Crippen molar-refractivity contribution >= 4 is 5.91 Å². The molecule has 0 radical (unpaired) electrons. The SMILES string of the molecule is CCCCn1nc(C(=O)N2CCC[C@H]2[C@H]2CCCN2CC)ccc1=O. The average molecular weight is 346 g/mol. The van der Waals surface area contributed by atoms with Crippen LogP contribution in [0.2, 0.25) is 0 Å². The Balaban J connectivity index is 1.78. The molecule has 25 heavy (non-hydrogen) atoms. The Morgan fingerprint density at radius 1 is 1.16 bits per heavy atom. The lowest BCUT2D eigenvalue weighted by Crippen LogP contribution is -2.48. The summed E-state index contributed by atoms with van der Waals surface area (Å²) in [5, 5.41) is 4.35. The number of unbranched alkanes of at least 4 members (excludes halogenated alkanes) is 1. The molecule has 3 rings (SSSR count). The number of hydrogen-bond acceptors (Lipinski definition) is 4. The first-order valence-corrected chi connectivity index (χ1v) is 9.79. The summed E-state index contributed by atoms with van der Waals surface area (Å²) >= 11 is 0. The van der Waals surface area contributed by atoms with Crippen molar-refractivity contribution in [3.05, 3.63) is 28.2 Å². The first kappa shape index (κ1) is 18.1. The van der Waals surface area contributed by atoms with Crippen molar-refractivity contribution in [2.24, 2.45) is 0 Å². The van der Waals surface area contributed by atoms with Gasteiger partial charge in [-0.15, -0.1) is 0 Å². The van der Waals surface area contributed by atoms with Gasteiger partial charge in [-0.05, 0) is 51.3 Å². The molecule has 2 saturated heterocycles. The van der Waals surface area contributed by atoms with Gasteiger partial charge in [-0.3, -0.25) is 14.5 Å². The molecule has 1 aromatic heterocycles. The Bertz CT molecular complexity index is 657. The number of carbonyl (C=O) groups excluding carboxylic acids is 1. The summed E-state index contributed by atoms with van der Waals surface area (Å²) in [4.78, 5) is 29.5. The predicted octanol–water partition coefficient (Wildman–Crippen LogP) is 2.13. The van der Waals surface area contributed by atoms with Crippen molar-refractivity contribution in [2.75, 3.05) is 19.6 Å². The van der Waals surface area contributed by atoms with E-state index >= 15 is 0 Å². The van der Waals surface area contributed by atoms with Crippen LogP contribution in [0.1, 0.15) is 62.9 Å². The normalized spacial score (nSPS) is 24.2. The third-order valence-electron chi connectivity index (χ3n) is 5.63. The van der Waals surface area contributed by atoms with E-state index in [0.717, 1.165) is 45.3 Å². The summed E-state index contributed by atoms with van der Waals surface area (Å²) in [5.74, 6) is -0.0179. The highest BCUT2D eigenvalue weighted by atomic mass is 16.2. The van der Waals surface area contributed by atoms with Crippen LogP contribution >= 0.6 is 0 Å². The Morgan fingerprint density at radius 3 is 2.68 bits per heavy atom. The molecule has 0 saturated carbocycles. The highest BCUT2D eigenvalue weighted by molar-refractivity contribution is 5.92. The Morgan fingerprint density at radius 2 is 1.92 bits per heavy atom. The summed E-state index contributed by atoms with van der Waals surface area (Å²) in [6, 6.07) is 3.83. The van der Waals surface area contributed by atoms with Gasteiger partial charge in [0.1, 0.15) is 5.69 Å². The summed E-state index contributed by atoms with van der Waals surface area (Å²) in [5.41, 5.74) is 0.277. The summed E-state index contributed by atoms with van der Waals surface area (Å²) in [6.07, 6.45) is 6.41. The standard InChI is InChI=1S/C19H30N4O2/c1-3-5-14-23-18(24)11-10-15(20-23)19(25)22-13-7-9-17(22)16-8-6-12-21(16)4-2/h10-11,16-17H,3-9,12-14H2,1-2H3/t16-,17+/m1/s1. The molecule has 2 aliphatic rings. The average Bonchev–Trinajstić information content (AvgIpc) is 3.28. The molecule has 0 N–H and O–H groups in total. The number of amides is 1. The monoisotopic (exact) mass is 346 g/mol. The molecule has 0 bridgehead atoms. The van der Waals surface area contributed by atoms with Gasteiger partial charge in [-0.2, -0.15) is 5.10 Å². The number of aryl methyl sites for hydroxylation is 1. The number of carbonyl (C=O) groups is 1. The number of rotatable bonds is 6. The number of aromatic nitrogens is 2. The second-order valence-electron chi connectivity index (χ2n) is 7.18. The zero-order valence-electron chi connectivity index (χ0n) is 15.5. The highest BCUT2D eigenvalue weighted by Crippen LogP contribution is 2.30. The number of nitrogens with zero attached hydrogens (tertiary/aromatic N) is 4. The van der Waals surface area contributed by atoms with Crippen LogP contribution in [0.4, 0.5) is 0 Å². The summed E-state index contributed by atoms with van der Waals surface area (Å²) in [7, 11) is 0. The molecule has 6 nitrogen and oxygen atoms in total. The maximum atomic E-state index is 13.1. The number of hydrogen-bond donors (Lipinski definition) is 0. The third-order valence-corrected chi connectivity index (χ3v) is 5.63. The molecule has 0 spiro atoms. The number of likely N-dealkylation sites (N-methyl/N-ethyl adjacent to an activating group) is 1. The lowest BCUT2D eigenvalue weighted by atomic mass is 10.0. The second kappa shape index (κ2) is 8.13. The van der Waals surface area contributed by atoms with E-state index in [1.54, 1.807) is 6.07 Å². The van der Waals surface area contributed by atoms with Gasteiger partial charge in [0, 0.05) is 31.2 Å². The van der Waals surface area contributed by atoms with Crippen molar-refractivity contribution < 1.29 is 4.79 Å². The van der Waals surface area contributed by atoms with E-state index in [4.69, 9.17) is 0 Å².